The van der Waals surface area contributed by atoms with Crippen LogP contribution in [0.3, 0.4) is 0 Å². The third-order valence-corrected chi connectivity index (χ3v) is 6.06. The highest BCUT2D eigenvalue weighted by molar-refractivity contribution is 5.96. The molecule has 0 fully saturated rings. The fourth-order valence-corrected chi connectivity index (χ4v) is 4.03. The Labute approximate surface area is 209 Å². The van der Waals surface area contributed by atoms with E-state index in [1.807, 2.05) is 75.3 Å². The van der Waals surface area contributed by atoms with Crippen LogP contribution in [0.15, 0.2) is 67.0 Å². The Bertz CT molecular complexity index is 1370. The molecule has 0 aliphatic heterocycles. The van der Waals surface area contributed by atoms with Gasteiger partial charge in [-0.15, -0.1) is 0 Å². The number of rotatable bonds is 9. The highest BCUT2D eigenvalue weighted by Gasteiger charge is 2.18. The fraction of sp³-hybridized carbons (Fsp3) is 0.286. The van der Waals surface area contributed by atoms with Crippen molar-refractivity contribution < 1.29 is 18.3 Å². The Kier molecular flexibility index (Phi) is 7.64. The van der Waals surface area contributed by atoms with Crippen LogP contribution in [0.5, 0.6) is 5.75 Å². The maximum Gasteiger partial charge on any atom is 0.318 e. The van der Waals surface area contributed by atoms with Crippen molar-refractivity contribution in [1.29, 1.82) is 0 Å². The number of fused-ring (bicyclic) bond motifs is 1. The Morgan fingerprint density at radius 1 is 1.14 bits per heavy atom. The van der Waals surface area contributed by atoms with E-state index in [9.17, 15) is 13.6 Å². The number of para-hydroxylation sites is 1. The van der Waals surface area contributed by atoms with Crippen LogP contribution in [0.25, 0.3) is 22.2 Å². The van der Waals surface area contributed by atoms with Crippen molar-refractivity contribution in [1.82, 2.24) is 19.8 Å². The molecule has 1 amide bonds. The molecule has 2 heterocycles. The van der Waals surface area contributed by atoms with Gasteiger partial charge >= 0.3 is 6.55 Å². The second-order valence-electron chi connectivity index (χ2n) is 9.06. The highest BCUT2D eigenvalue weighted by atomic mass is 19.3. The molecule has 0 aliphatic carbocycles. The Balaban J connectivity index is 1.61. The summed E-state index contributed by atoms with van der Waals surface area (Å²) in [6, 6.07) is 16.2. The third kappa shape index (κ3) is 5.71. The van der Waals surface area contributed by atoms with Crippen LogP contribution >= 0.6 is 0 Å². The first kappa shape index (κ1) is 25.3. The topological polar surface area (TPSA) is 59.4 Å². The van der Waals surface area contributed by atoms with E-state index >= 15 is 0 Å². The number of carbonyl (C=O) groups is 1. The summed E-state index contributed by atoms with van der Waals surface area (Å²) in [6.07, 6.45) is 2.71. The lowest BCUT2D eigenvalue weighted by Crippen LogP contribution is -2.27. The van der Waals surface area contributed by atoms with Gasteiger partial charge in [0.15, 0.2) is 0 Å². The smallest absolute Gasteiger partial charge is 0.318 e. The van der Waals surface area contributed by atoms with Gasteiger partial charge < -0.3 is 15.0 Å². The van der Waals surface area contributed by atoms with Crippen LogP contribution in [0.4, 0.5) is 8.78 Å². The van der Waals surface area contributed by atoms with Crippen molar-refractivity contribution in [3.05, 3.63) is 83.7 Å². The van der Waals surface area contributed by atoms with E-state index in [0.717, 1.165) is 33.1 Å². The van der Waals surface area contributed by atoms with E-state index < -0.39 is 6.55 Å². The van der Waals surface area contributed by atoms with Gasteiger partial charge in [0.25, 0.3) is 5.91 Å². The first-order valence-electron chi connectivity index (χ1n) is 11.8. The van der Waals surface area contributed by atoms with Crippen molar-refractivity contribution >= 4 is 16.8 Å². The molecule has 0 saturated carbocycles. The zero-order valence-corrected chi connectivity index (χ0v) is 20.8. The van der Waals surface area contributed by atoms with Crippen LogP contribution < -0.4 is 10.1 Å². The number of ether oxygens (including phenoxy) is 1. The van der Waals surface area contributed by atoms with E-state index in [0.29, 0.717) is 29.2 Å². The second kappa shape index (κ2) is 10.9. The minimum Gasteiger partial charge on any atom is -0.492 e. The largest absolute Gasteiger partial charge is 0.492 e. The van der Waals surface area contributed by atoms with Crippen LogP contribution in [0.2, 0.25) is 0 Å². The highest BCUT2D eigenvalue weighted by Crippen LogP contribution is 2.30. The molecule has 36 heavy (non-hydrogen) atoms. The van der Waals surface area contributed by atoms with Crippen LogP contribution in [0, 0.1) is 6.92 Å². The number of halogens is 2. The van der Waals surface area contributed by atoms with Crippen molar-refractivity contribution in [3.63, 3.8) is 0 Å². The van der Waals surface area contributed by atoms with Gasteiger partial charge in [0.05, 0.1) is 17.3 Å². The number of amides is 1. The van der Waals surface area contributed by atoms with Crippen molar-refractivity contribution in [2.45, 2.75) is 26.4 Å². The Morgan fingerprint density at radius 3 is 2.64 bits per heavy atom. The number of nitrogens with zero attached hydrogens (tertiary/aromatic N) is 3. The molecule has 1 atom stereocenters. The maximum atomic E-state index is 13.3. The lowest BCUT2D eigenvalue weighted by Gasteiger charge is -2.19. The van der Waals surface area contributed by atoms with E-state index in [4.69, 9.17) is 4.74 Å². The molecule has 0 saturated heterocycles. The number of hydrogen-bond acceptors (Lipinski definition) is 4. The normalized spacial score (nSPS) is 12.3. The molecule has 4 rings (SSSR count). The number of nitrogens with one attached hydrogen (secondary N) is 1. The number of carbonyl (C=O) groups excluding carboxylic acids is 1. The monoisotopic (exact) mass is 492 g/mol. The van der Waals surface area contributed by atoms with Crippen molar-refractivity contribution in [2.75, 3.05) is 27.2 Å². The standard InChI is InChI=1S/C28H30F2N4O2/c1-18-9-10-21(36-14-13-33(3)4)15-23(18)27(35)31-19(2)24-16-26(20-11-12-34(17-20)28(29)30)32-25-8-6-5-7-22(24)25/h5-12,15-17,19,28H,13-14H2,1-4H3,(H,31,35). The summed E-state index contributed by atoms with van der Waals surface area (Å²) >= 11 is 0. The number of benzene rings is 2. The van der Waals surface area contributed by atoms with Gasteiger partial charge in [-0.1, -0.05) is 24.3 Å². The average Bonchev–Trinajstić information content (AvgIpc) is 3.35. The van der Waals surface area contributed by atoms with Gasteiger partial charge in [-0.05, 0) is 69.4 Å². The molecule has 1 unspecified atom stereocenters. The van der Waals surface area contributed by atoms with Crippen molar-refractivity contribution in [3.8, 4) is 17.0 Å². The lowest BCUT2D eigenvalue weighted by molar-refractivity contribution is 0.0707. The molecule has 188 valence electrons. The van der Waals surface area contributed by atoms with Gasteiger partial charge in [-0.25, -0.2) is 4.98 Å². The number of aromatic nitrogens is 2. The molecule has 0 bridgehead atoms. The summed E-state index contributed by atoms with van der Waals surface area (Å²) in [5, 5.41) is 3.98. The summed E-state index contributed by atoms with van der Waals surface area (Å²) < 4.78 is 32.9. The summed E-state index contributed by atoms with van der Waals surface area (Å²) in [4.78, 5) is 20.0. The second-order valence-corrected chi connectivity index (χ2v) is 9.06. The van der Waals surface area contributed by atoms with Gasteiger partial charge in [0.1, 0.15) is 12.4 Å². The molecule has 0 aliphatic rings. The minimum atomic E-state index is -2.62. The molecule has 4 aromatic rings. The number of pyridine rings is 1. The van der Waals surface area contributed by atoms with E-state index in [1.54, 1.807) is 12.1 Å². The maximum absolute atomic E-state index is 13.3. The molecule has 6 nitrogen and oxygen atoms in total. The van der Waals surface area contributed by atoms with Crippen molar-refractivity contribution in [2.24, 2.45) is 0 Å². The van der Waals surface area contributed by atoms with Crippen LogP contribution in [-0.4, -0.2) is 47.6 Å². The number of likely N-dealkylation sites (N-methyl/N-ethyl adjacent to an activating group) is 1. The molecular formula is C28H30F2N4O2. The molecule has 0 spiro atoms. The van der Waals surface area contributed by atoms with Gasteiger partial charge in [0.2, 0.25) is 0 Å². The predicted octanol–water partition coefficient (Wildman–Crippen LogP) is 5.84. The van der Waals surface area contributed by atoms with Gasteiger partial charge in [0, 0.05) is 35.5 Å². The molecular weight excluding hydrogens is 462 g/mol. The number of alkyl halides is 2. The van der Waals surface area contributed by atoms with E-state index in [2.05, 4.69) is 10.3 Å². The Hall–Kier alpha value is -3.78. The SMILES string of the molecule is Cc1ccc(OCCN(C)C)cc1C(=O)NC(C)c1cc(-c2ccn(C(F)F)c2)nc2ccccc12. The zero-order chi connectivity index (χ0) is 25.8. The van der Waals surface area contributed by atoms with Gasteiger partial charge in [-0.2, -0.15) is 8.78 Å². The summed E-state index contributed by atoms with van der Waals surface area (Å²) in [7, 11) is 3.95. The number of hydrogen-bond donors (Lipinski definition) is 1. The van der Waals surface area contributed by atoms with Crippen LogP contribution in [-0.2, 0) is 0 Å². The Morgan fingerprint density at radius 2 is 1.92 bits per heavy atom. The summed E-state index contributed by atoms with van der Waals surface area (Å²) in [5.41, 5.74) is 4.11. The fourth-order valence-electron chi connectivity index (χ4n) is 4.03. The molecule has 2 aromatic carbocycles. The third-order valence-electron chi connectivity index (χ3n) is 6.06. The first-order chi connectivity index (χ1) is 17.2. The molecule has 0 radical (unpaired) electrons. The molecule has 2 aromatic heterocycles. The van der Waals surface area contributed by atoms with Crippen LogP contribution in [0.1, 0.15) is 41.0 Å². The predicted molar refractivity (Wildman–Crippen MR) is 138 cm³/mol. The summed E-state index contributed by atoms with van der Waals surface area (Å²) in [5.74, 6) is 0.421. The molecule has 8 heteroatoms. The number of aryl methyl sites for hydroxylation is 1. The average molecular weight is 493 g/mol. The van der Waals surface area contributed by atoms with Gasteiger partial charge in [-0.3, -0.25) is 9.36 Å². The van der Waals surface area contributed by atoms with E-state index in [-0.39, 0.29) is 11.9 Å². The molecule has 1 N–H and O–H groups in total. The lowest BCUT2D eigenvalue weighted by atomic mass is 9.99. The van der Waals surface area contributed by atoms with E-state index in [1.165, 1.54) is 12.4 Å². The summed E-state index contributed by atoms with van der Waals surface area (Å²) in [6.45, 7) is 2.46. The zero-order valence-electron chi connectivity index (χ0n) is 20.8. The first-order valence-corrected chi connectivity index (χ1v) is 11.8. The quantitative estimate of drug-likeness (QED) is 0.319. The minimum absolute atomic E-state index is 0.218.